The number of carbonyl (C=O) groups excluding carboxylic acids is 2. The molecule has 0 aromatic carbocycles. The highest BCUT2D eigenvalue weighted by Crippen LogP contribution is 2.14. The number of hydrogen-bond donors (Lipinski definition) is 5. The summed E-state index contributed by atoms with van der Waals surface area (Å²) in [6.07, 6.45) is 42.1. The zero-order chi connectivity index (χ0) is 38.3. The first-order valence-electron chi connectivity index (χ1n) is 22.2. The molecule has 0 saturated carbocycles. The molecule has 306 valence electrons. The van der Waals surface area contributed by atoms with Gasteiger partial charge in [-0.1, -0.05) is 174 Å². The van der Waals surface area contributed by atoms with Gasteiger partial charge in [-0.05, 0) is 51.4 Å². The highest BCUT2D eigenvalue weighted by Gasteiger charge is 2.22. The van der Waals surface area contributed by atoms with Crippen LogP contribution in [0.3, 0.4) is 0 Å². The number of nitrogens with two attached hydrogens (primary N) is 3. The van der Waals surface area contributed by atoms with Crippen molar-refractivity contribution in [1.82, 2.24) is 15.5 Å². The van der Waals surface area contributed by atoms with Crippen molar-refractivity contribution < 1.29 is 9.59 Å². The van der Waals surface area contributed by atoms with Crippen molar-refractivity contribution in [2.75, 3.05) is 26.2 Å². The Morgan fingerprint density at radius 2 is 0.942 bits per heavy atom. The second-order valence-corrected chi connectivity index (χ2v) is 15.4. The minimum atomic E-state index is -0.765. The molecule has 0 spiro atoms. The van der Waals surface area contributed by atoms with Crippen LogP contribution in [0.15, 0.2) is 24.6 Å². The van der Waals surface area contributed by atoms with Crippen molar-refractivity contribution in [2.45, 2.75) is 219 Å². The molecule has 8 heteroatoms. The Morgan fingerprint density at radius 1 is 0.558 bits per heavy atom. The molecule has 0 fully saturated rings. The number of nitrogens with zero attached hydrogens (tertiary/aromatic N) is 1. The van der Waals surface area contributed by atoms with Gasteiger partial charge in [0.1, 0.15) is 6.04 Å². The molecule has 52 heavy (non-hydrogen) atoms. The van der Waals surface area contributed by atoms with Gasteiger partial charge in [0.05, 0.1) is 11.9 Å². The molecule has 0 aromatic rings. The van der Waals surface area contributed by atoms with Crippen LogP contribution in [-0.2, 0) is 9.59 Å². The van der Waals surface area contributed by atoms with Crippen molar-refractivity contribution in [2.24, 2.45) is 17.2 Å². The summed E-state index contributed by atoms with van der Waals surface area (Å²) in [6.45, 7) is 10.3. The Kier molecular flexibility index (Phi) is 37.1. The molecule has 0 bridgehead atoms. The third-order valence-electron chi connectivity index (χ3n) is 10.2. The molecule has 0 heterocycles. The average molecular weight is 733 g/mol. The van der Waals surface area contributed by atoms with Gasteiger partial charge < -0.3 is 32.7 Å². The van der Waals surface area contributed by atoms with Crippen LogP contribution in [0.4, 0.5) is 0 Å². The van der Waals surface area contributed by atoms with Crippen LogP contribution in [0.2, 0.25) is 0 Å². The van der Waals surface area contributed by atoms with Gasteiger partial charge in [0.25, 0.3) is 0 Å². The molecule has 0 aliphatic heterocycles. The molecular weight excluding hydrogens is 645 g/mol. The second-order valence-electron chi connectivity index (χ2n) is 15.4. The number of rotatable bonds is 40. The molecular formula is C44H88N6O2. The van der Waals surface area contributed by atoms with E-state index >= 15 is 0 Å². The summed E-state index contributed by atoms with van der Waals surface area (Å²) in [6, 6.07) is -1.41. The highest BCUT2D eigenvalue weighted by molar-refractivity contribution is 5.84. The maximum absolute atomic E-state index is 13.4. The van der Waals surface area contributed by atoms with Gasteiger partial charge in [-0.2, -0.15) is 0 Å². The van der Waals surface area contributed by atoms with Gasteiger partial charge in [0, 0.05) is 26.2 Å². The molecule has 2 unspecified atom stereocenters. The topological polar surface area (TPSA) is 140 Å². The first kappa shape index (κ1) is 49.9. The lowest BCUT2D eigenvalue weighted by molar-refractivity contribution is -0.133. The summed E-state index contributed by atoms with van der Waals surface area (Å²) in [5.74, 6) is 0.0574. The van der Waals surface area contributed by atoms with Crippen LogP contribution in [0, 0.1) is 0 Å². The van der Waals surface area contributed by atoms with Gasteiger partial charge in [-0.15, -0.1) is 0 Å². The first-order valence-corrected chi connectivity index (χ1v) is 22.2. The van der Waals surface area contributed by atoms with Crippen LogP contribution in [-0.4, -0.2) is 55.0 Å². The zero-order valence-electron chi connectivity index (χ0n) is 34.6. The Bertz CT molecular complexity index is 851. The Labute approximate surface area is 322 Å². The summed E-state index contributed by atoms with van der Waals surface area (Å²) in [4.78, 5) is 27.9. The lowest BCUT2D eigenvalue weighted by atomic mass is 10.0. The summed E-state index contributed by atoms with van der Waals surface area (Å²) in [5.41, 5.74) is 17.9. The number of amides is 2. The SMILES string of the molecule is C=C(N)NCCCC(N)C(=O)NCC(N)C(=O)N(CCCCCCCC/C=C\CCCCCCCC)CCCCCCCCCCCCCCCC. The van der Waals surface area contributed by atoms with Gasteiger partial charge in [-0.25, -0.2) is 0 Å². The molecule has 0 saturated heterocycles. The normalized spacial score (nSPS) is 12.6. The van der Waals surface area contributed by atoms with E-state index in [1.54, 1.807) is 0 Å². The van der Waals surface area contributed by atoms with E-state index in [1.165, 1.54) is 154 Å². The van der Waals surface area contributed by atoms with Crippen LogP contribution >= 0.6 is 0 Å². The molecule has 0 radical (unpaired) electrons. The average Bonchev–Trinajstić information content (AvgIpc) is 3.13. The fourth-order valence-corrected chi connectivity index (χ4v) is 6.75. The van der Waals surface area contributed by atoms with E-state index in [4.69, 9.17) is 17.2 Å². The van der Waals surface area contributed by atoms with E-state index < -0.39 is 12.1 Å². The van der Waals surface area contributed by atoms with Gasteiger partial charge >= 0.3 is 0 Å². The van der Waals surface area contributed by atoms with Crippen LogP contribution in [0.5, 0.6) is 0 Å². The smallest absolute Gasteiger partial charge is 0.241 e. The number of nitrogens with one attached hydrogen (secondary N) is 2. The number of carbonyl (C=O) groups is 2. The van der Waals surface area contributed by atoms with E-state index in [1.807, 2.05) is 4.90 Å². The standard InChI is InChI=1S/C44H88N6O2/c1-4-6-8-10-12-14-16-18-20-21-23-25-27-29-31-33-38-50(37-32-30-28-26-24-22-19-17-15-13-11-9-7-5-2)44(52)42(47)39-49-43(51)41(46)35-34-36-48-40(3)45/h18,20,41-42,48H,3-17,19,21-39,45-47H2,1-2H3,(H,49,51)/b20-18-. The van der Waals surface area contributed by atoms with Crippen molar-refractivity contribution in [3.05, 3.63) is 24.6 Å². The highest BCUT2D eigenvalue weighted by atomic mass is 16.2. The quantitative estimate of drug-likeness (QED) is 0.0314. The summed E-state index contributed by atoms with van der Waals surface area (Å²) < 4.78 is 0. The third kappa shape index (κ3) is 33.8. The summed E-state index contributed by atoms with van der Waals surface area (Å²) >= 11 is 0. The molecule has 0 aromatic heterocycles. The molecule has 8 nitrogen and oxygen atoms in total. The van der Waals surface area contributed by atoms with Gasteiger partial charge in [-0.3, -0.25) is 9.59 Å². The Hall–Kier alpha value is -2.06. The predicted octanol–water partition coefficient (Wildman–Crippen LogP) is 9.90. The van der Waals surface area contributed by atoms with Gasteiger partial charge in [0.15, 0.2) is 0 Å². The molecule has 0 aliphatic rings. The van der Waals surface area contributed by atoms with Crippen molar-refractivity contribution in [1.29, 1.82) is 0 Å². The van der Waals surface area contributed by atoms with E-state index in [2.05, 4.69) is 43.2 Å². The maximum atomic E-state index is 13.4. The maximum Gasteiger partial charge on any atom is 0.241 e. The first-order chi connectivity index (χ1) is 25.3. The predicted molar refractivity (Wildman–Crippen MR) is 226 cm³/mol. The molecule has 0 rings (SSSR count). The van der Waals surface area contributed by atoms with Crippen molar-refractivity contribution in [3.8, 4) is 0 Å². The molecule has 2 atom stereocenters. The zero-order valence-corrected chi connectivity index (χ0v) is 34.6. The van der Waals surface area contributed by atoms with E-state index in [0.717, 1.165) is 38.8 Å². The second kappa shape index (κ2) is 38.7. The number of hydrogen-bond acceptors (Lipinski definition) is 6. The van der Waals surface area contributed by atoms with Gasteiger partial charge in [0.2, 0.25) is 11.8 Å². The van der Waals surface area contributed by atoms with Crippen LogP contribution in [0.25, 0.3) is 0 Å². The fourth-order valence-electron chi connectivity index (χ4n) is 6.75. The number of unbranched alkanes of at least 4 members (excludes halogenated alkanes) is 25. The van der Waals surface area contributed by atoms with Crippen molar-refractivity contribution in [3.63, 3.8) is 0 Å². The van der Waals surface area contributed by atoms with Crippen molar-refractivity contribution >= 4 is 11.8 Å². The van der Waals surface area contributed by atoms with E-state index in [0.29, 0.717) is 25.2 Å². The lowest BCUT2D eigenvalue weighted by Crippen LogP contribution is -2.52. The fraction of sp³-hybridized carbons (Fsp3) is 0.864. The van der Waals surface area contributed by atoms with Crippen LogP contribution < -0.4 is 27.8 Å². The molecule has 8 N–H and O–H groups in total. The summed E-state index contributed by atoms with van der Waals surface area (Å²) in [5, 5.41) is 5.74. The molecule has 2 amide bonds. The number of allylic oxidation sites excluding steroid dienone is 2. The summed E-state index contributed by atoms with van der Waals surface area (Å²) in [7, 11) is 0. The monoisotopic (exact) mass is 733 g/mol. The minimum absolute atomic E-state index is 0.0676. The third-order valence-corrected chi connectivity index (χ3v) is 10.2. The minimum Gasteiger partial charge on any atom is -0.386 e. The molecule has 0 aliphatic carbocycles. The largest absolute Gasteiger partial charge is 0.386 e. The Balaban J connectivity index is 4.43. The van der Waals surface area contributed by atoms with E-state index in [9.17, 15) is 9.59 Å². The lowest BCUT2D eigenvalue weighted by Gasteiger charge is -2.26. The van der Waals surface area contributed by atoms with Crippen LogP contribution in [0.1, 0.15) is 206 Å². The Morgan fingerprint density at radius 3 is 1.35 bits per heavy atom. The van der Waals surface area contributed by atoms with E-state index in [-0.39, 0.29) is 18.4 Å².